The first-order valence-electron chi connectivity index (χ1n) is 14.3. The van der Waals surface area contributed by atoms with E-state index in [1.54, 1.807) is 0 Å². The lowest BCUT2D eigenvalue weighted by Gasteiger charge is -2.18. The van der Waals surface area contributed by atoms with Crippen molar-refractivity contribution in [2.75, 3.05) is 6.61 Å². The monoisotopic (exact) mass is 536 g/mol. The van der Waals surface area contributed by atoms with Crippen molar-refractivity contribution in [1.82, 2.24) is 0 Å². The van der Waals surface area contributed by atoms with Crippen LogP contribution < -0.4 is 0 Å². The Kier molecular flexibility index (Phi) is 13.9. The normalized spacial score (nSPS) is 11.6. The maximum atomic E-state index is 13.5. The highest BCUT2D eigenvalue weighted by molar-refractivity contribution is 7.48. The fourth-order valence-electron chi connectivity index (χ4n) is 4.45. The standard InChI is InChI=1S/C33H45O4P/c1-3-5-9-20-31-24-32(21-10-6-4-2)26-33(25-31)22-15-23-35-38(34,36-27-29-16-11-7-12-17-29)37-28-30-18-13-8-14-19-30/h7-8,11-14,16-19,24-26H,3-6,9-10,15,20-23,27-28H2,1-2H3. The van der Waals surface area contributed by atoms with Gasteiger partial charge in [-0.2, -0.15) is 0 Å². The highest BCUT2D eigenvalue weighted by Crippen LogP contribution is 2.51. The summed E-state index contributed by atoms with van der Waals surface area (Å²) in [6.07, 6.45) is 11.4. The summed E-state index contributed by atoms with van der Waals surface area (Å²) in [6.45, 7) is 5.16. The minimum atomic E-state index is -3.73. The minimum absolute atomic E-state index is 0.174. The van der Waals surface area contributed by atoms with E-state index < -0.39 is 7.82 Å². The molecule has 0 aliphatic rings. The first kappa shape index (κ1) is 30.3. The highest BCUT2D eigenvalue weighted by atomic mass is 31.2. The Morgan fingerprint density at radius 2 is 0.947 bits per heavy atom. The zero-order chi connectivity index (χ0) is 26.9. The third-order valence-electron chi connectivity index (χ3n) is 6.57. The number of benzene rings is 3. The number of rotatable bonds is 19. The molecule has 0 aliphatic heterocycles. The van der Waals surface area contributed by atoms with E-state index in [-0.39, 0.29) is 13.2 Å². The van der Waals surface area contributed by atoms with Crippen molar-refractivity contribution in [1.29, 1.82) is 0 Å². The maximum Gasteiger partial charge on any atom is 0.475 e. The minimum Gasteiger partial charge on any atom is -0.287 e. The predicted molar refractivity (Wildman–Crippen MR) is 157 cm³/mol. The molecule has 0 saturated heterocycles. The van der Waals surface area contributed by atoms with Crippen molar-refractivity contribution in [2.24, 2.45) is 0 Å². The lowest BCUT2D eigenvalue weighted by atomic mass is 9.96. The summed E-state index contributed by atoms with van der Waals surface area (Å²) in [4.78, 5) is 0. The molecule has 0 radical (unpaired) electrons. The molecule has 0 amide bonds. The molecule has 5 heteroatoms. The third kappa shape index (κ3) is 11.7. The molecule has 0 unspecified atom stereocenters. The van der Waals surface area contributed by atoms with E-state index in [2.05, 4.69) is 32.0 Å². The number of phosphoric acid groups is 1. The molecule has 3 aromatic carbocycles. The molecule has 4 nitrogen and oxygen atoms in total. The molecule has 0 aliphatic carbocycles. The second kappa shape index (κ2) is 17.4. The Morgan fingerprint density at radius 3 is 1.37 bits per heavy atom. The van der Waals surface area contributed by atoms with E-state index in [4.69, 9.17) is 13.6 Å². The number of aryl methyl sites for hydroxylation is 3. The van der Waals surface area contributed by atoms with Gasteiger partial charge in [0.25, 0.3) is 0 Å². The Morgan fingerprint density at radius 1 is 0.526 bits per heavy atom. The molecule has 0 aromatic heterocycles. The molecule has 0 spiro atoms. The van der Waals surface area contributed by atoms with Gasteiger partial charge in [-0.3, -0.25) is 13.6 Å². The molecule has 3 aromatic rings. The van der Waals surface area contributed by atoms with Gasteiger partial charge in [0, 0.05) is 0 Å². The Balaban J connectivity index is 1.58. The average molecular weight is 537 g/mol. The summed E-state index contributed by atoms with van der Waals surface area (Å²) < 4.78 is 30.8. The van der Waals surface area contributed by atoms with Gasteiger partial charge in [0.2, 0.25) is 0 Å². The van der Waals surface area contributed by atoms with Crippen LogP contribution in [0.1, 0.15) is 86.6 Å². The van der Waals surface area contributed by atoms with Crippen LogP contribution >= 0.6 is 7.82 Å². The van der Waals surface area contributed by atoms with E-state index in [9.17, 15) is 4.57 Å². The van der Waals surface area contributed by atoms with E-state index in [1.165, 1.54) is 55.2 Å². The first-order chi connectivity index (χ1) is 18.6. The SMILES string of the molecule is CCCCCc1cc(CCCCC)cc(CCCOP(=O)(OCc2ccccc2)OCc2ccccc2)c1. The fourth-order valence-corrected chi connectivity index (χ4v) is 5.64. The molecule has 0 heterocycles. The molecular weight excluding hydrogens is 491 g/mol. The summed E-state index contributed by atoms with van der Waals surface area (Å²) in [5.41, 5.74) is 6.06. The molecule has 3 rings (SSSR count). The summed E-state index contributed by atoms with van der Waals surface area (Å²) in [5, 5.41) is 0. The smallest absolute Gasteiger partial charge is 0.287 e. The van der Waals surface area contributed by atoms with Crippen molar-refractivity contribution in [3.63, 3.8) is 0 Å². The van der Waals surface area contributed by atoms with Crippen molar-refractivity contribution in [3.05, 3.63) is 107 Å². The zero-order valence-corrected chi connectivity index (χ0v) is 24.2. The molecule has 206 valence electrons. The Bertz CT molecular complexity index is 1010. The van der Waals surface area contributed by atoms with Gasteiger partial charge in [0.05, 0.1) is 19.8 Å². The van der Waals surface area contributed by atoms with E-state index in [0.717, 1.165) is 36.8 Å². The number of hydrogen-bond acceptors (Lipinski definition) is 4. The third-order valence-corrected chi connectivity index (χ3v) is 7.96. The number of phosphoric ester groups is 1. The second-order valence-electron chi connectivity index (χ2n) is 9.97. The zero-order valence-electron chi connectivity index (χ0n) is 23.3. The average Bonchev–Trinajstić information content (AvgIpc) is 2.95. The Labute approximate surface area is 230 Å². The molecule has 0 atom stereocenters. The van der Waals surface area contributed by atoms with Gasteiger partial charge >= 0.3 is 7.82 Å². The Hall–Kier alpha value is -2.23. The van der Waals surface area contributed by atoms with Gasteiger partial charge in [0.1, 0.15) is 0 Å². The number of hydrogen-bond donors (Lipinski definition) is 0. The topological polar surface area (TPSA) is 44.8 Å². The molecule has 0 bridgehead atoms. The molecule has 0 saturated carbocycles. The molecule has 0 fully saturated rings. The van der Waals surface area contributed by atoms with Crippen LogP contribution in [0.5, 0.6) is 0 Å². The summed E-state index contributed by atoms with van der Waals surface area (Å²) in [5.74, 6) is 0. The van der Waals surface area contributed by atoms with Crippen LogP contribution in [0, 0.1) is 0 Å². The molecule has 0 N–H and O–H groups in total. The lowest BCUT2D eigenvalue weighted by molar-refractivity contribution is 0.102. The van der Waals surface area contributed by atoms with E-state index >= 15 is 0 Å². The number of unbranched alkanes of at least 4 members (excludes halogenated alkanes) is 4. The van der Waals surface area contributed by atoms with Crippen LogP contribution in [-0.2, 0) is 50.6 Å². The van der Waals surface area contributed by atoms with Gasteiger partial charge in [-0.25, -0.2) is 4.57 Å². The van der Waals surface area contributed by atoms with E-state index in [0.29, 0.717) is 6.61 Å². The van der Waals surface area contributed by atoms with Crippen LogP contribution in [-0.4, -0.2) is 6.61 Å². The van der Waals surface area contributed by atoms with Gasteiger partial charge < -0.3 is 0 Å². The highest BCUT2D eigenvalue weighted by Gasteiger charge is 2.27. The van der Waals surface area contributed by atoms with Gasteiger partial charge in [0.15, 0.2) is 0 Å². The fraction of sp³-hybridized carbons (Fsp3) is 0.455. The van der Waals surface area contributed by atoms with Gasteiger partial charge in [-0.1, -0.05) is 118 Å². The lowest BCUT2D eigenvalue weighted by Crippen LogP contribution is -2.04. The van der Waals surface area contributed by atoms with Crippen molar-refractivity contribution >= 4 is 7.82 Å². The van der Waals surface area contributed by atoms with Crippen molar-refractivity contribution in [3.8, 4) is 0 Å². The van der Waals surface area contributed by atoms with Crippen LogP contribution in [0.25, 0.3) is 0 Å². The maximum absolute atomic E-state index is 13.5. The predicted octanol–water partition coefficient (Wildman–Crippen LogP) is 9.64. The summed E-state index contributed by atoms with van der Waals surface area (Å²) in [7, 11) is -3.73. The van der Waals surface area contributed by atoms with Crippen LogP contribution in [0.2, 0.25) is 0 Å². The summed E-state index contributed by atoms with van der Waals surface area (Å²) >= 11 is 0. The van der Waals surface area contributed by atoms with Crippen LogP contribution in [0.4, 0.5) is 0 Å². The van der Waals surface area contributed by atoms with Crippen LogP contribution in [0.3, 0.4) is 0 Å². The molecular formula is C33H45O4P. The van der Waals surface area contributed by atoms with Crippen LogP contribution in [0.15, 0.2) is 78.9 Å². The van der Waals surface area contributed by atoms with Crippen molar-refractivity contribution in [2.45, 2.75) is 91.3 Å². The quantitative estimate of drug-likeness (QED) is 0.113. The second-order valence-corrected chi connectivity index (χ2v) is 11.6. The largest absolute Gasteiger partial charge is 0.475 e. The molecule has 38 heavy (non-hydrogen) atoms. The van der Waals surface area contributed by atoms with Gasteiger partial charge in [-0.05, 0) is 66.3 Å². The van der Waals surface area contributed by atoms with Gasteiger partial charge in [-0.15, -0.1) is 0 Å². The van der Waals surface area contributed by atoms with E-state index in [1.807, 2.05) is 60.7 Å². The van der Waals surface area contributed by atoms with Crippen molar-refractivity contribution < 1.29 is 18.1 Å². The summed E-state index contributed by atoms with van der Waals surface area (Å²) in [6, 6.07) is 26.5. The first-order valence-corrected chi connectivity index (χ1v) is 15.8.